The van der Waals surface area contributed by atoms with Crippen LogP contribution in [0.3, 0.4) is 0 Å². The van der Waals surface area contributed by atoms with Crippen LogP contribution in [-0.2, 0) is 6.42 Å². The summed E-state index contributed by atoms with van der Waals surface area (Å²) in [5.41, 5.74) is 3.20. The molecule has 2 aliphatic rings. The molecule has 0 amide bonds. The third kappa shape index (κ3) is 2.87. The lowest BCUT2D eigenvalue weighted by Crippen LogP contribution is -2.15. The van der Waals surface area contributed by atoms with Crippen molar-refractivity contribution in [3.8, 4) is 0 Å². The normalized spacial score (nSPS) is 26.6. The zero-order chi connectivity index (χ0) is 13.9. The quantitative estimate of drug-likeness (QED) is 0.693. The van der Waals surface area contributed by atoms with Crippen molar-refractivity contribution >= 4 is 5.78 Å². The SMILES string of the molecule is CC1CCCC(CC2=CCc3ccccc3C2=O)CC1. The lowest BCUT2D eigenvalue weighted by atomic mass is 9.84. The number of allylic oxidation sites excluding steroid dienone is 2. The minimum atomic E-state index is 0.282. The van der Waals surface area contributed by atoms with Crippen LogP contribution in [0.15, 0.2) is 35.9 Å². The molecule has 1 aromatic carbocycles. The van der Waals surface area contributed by atoms with Gasteiger partial charge in [0.1, 0.15) is 0 Å². The van der Waals surface area contributed by atoms with Gasteiger partial charge in [-0.1, -0.05) is 62.9 Å². The van der Waals surface area contributed by atoms with Gasteiger partial charge < -0.3 is 0 Å². The van der Waals surface area contributed by atoms with E-state index in [1.54, 1.807) is 0 Å². The number of hydrogen-bond donors (Lipinski definition) is 0. The molecule has 106 valence electrons. The van der Waals surface area contributed by atoms with Crippen LogP contribution in [0.5, 0.6) is 0 Å². The highest BCUT2D eigenvalue weighted by molar-refractivity contribution is 6.10. The van der Waals surface area contributed by atoms with Crippen molar-refractivity contribution in [2.75, 3.05) is 0 Å². The highest BCUT2D eigenvalue weighted by Crippen LogP contribution is 2.33. The van der Waals surface area contributed by atoms with Gasteiger partial charge in [0.2, 0.25) is 0 Å². The molecule has 3 rings (SSSR count). The van der Waals surface area contributed by atoms with Gasteiger partial charge in [-0.3, -0.25) is 4.79 Å². The second kappa shape index (κ2) is 5.95. The summed E-state index contributed by atoms with van der Waals surface area (Å²) in [5, 5.41) is 0. The van der Waals surface area contributed by atoms with Crippen molar-refractivity contribution in [3.63, 3.8) is 0 Å². The third-order valence-corrected chi connectivity index (χ3v) is 5.01. The highest BCUT2D eigenvalue weighted by atomic mass is 16.1. The monoisotopic (exact) mass is 268 g/mol. The van der Waals surface area contributed by atoms with Crippen LogP contribution in [0.2, 0.25) is 0 Å². The molecule has 0 heterocycles. The van der Waals surface area contributed by atoms with Gasteiger partial charge in [0.25, 0.3) is 0 Å². The number of carbonyl (C=O) groups is 1. The summed E-state index contributed by atoms with van der Waals surface area (Å²) in [6.07, 6.45) is 10.8. The maximum Gasteiger partial charge on any atom is 0.188 e. The molecule has 0 radical (unpaired) electrons. The van der Waals surface area contributed by atoms with Gasteiger partial charge in [0.05, 0.1) is 0 Å². The molecule has 0 spiro atoms. The van der Waals surface area contributed by atoms with Crippen LogP contribution in [0.4, 0.5) is 0 Å². The molecule has 2 atom stereocenters. The number of carbonyl (C=O) groups excluding carboxylic acids is 1. The average Bonchev–Trinajstić information content (AvgIpc) is 2.67. The van der Waals surface area contributed by atoms with Crippen molar-refractivity contribution in [2.45, 2.75) is 51.9 Å². The zero-order valence-corrected chi connectivity index (χ0v) is 12.4. The van der Waals surface area contributed by atoms with Crippen LogP contribution < -0.4 is 0 Å². The average molecular weight is 268 g/mol. The fourth-order valence-electron chi connectivity index (χ4n) is 3.67. The lowest BCUT2D eigenvalue weighted by Gasteiger charge is -2.20. The standard InChI is InChI=1S/C19H24O/c1-14-5-4-6-15(10-9-14)13-17-12-11-16-7-2-3-8-18(16)19(17)20/h2-3,7-8,12,14-15H,4-6,9-11,13H2,1H3. The Morgan fingerprint density at radius 1 is 1.10 bits per heavy atom. The van der Waals surface area contributed by atoms with Gasteiger partial charge in [-0.05, 0) is 42.2 Å². The first-order valence-corrected chi connectivity index (χ1v) is 8.05. The fourth-order valence-corrected chi connectivity index (χ4v) is 3.67. The van der Waals surface area contributed by atoms with Gasteiger partial charge in [-0.2, -0.15) is 0 Å². The van der Waals surface area contributed by atoms with E-state index >= 15 is 0 Å². The van der Waals surface area contributed by atoms with E-state index in [0.29, 0.717) is 0 Å². The molecule has 1 nitrogen and oxygen atoms in total. The van der Waals surface area contributed by atoms with Crippen molar-refractivity contribution in [1.29, 1.82) is 0 Å². The maximum atomic E-state index is 12.6. The van der Waals surface area contributed by atoms with E-state index in [-0.39, 0.29) is 5.78 Å². The molecule has 2 aliphatic carbocycles. The van der Waals surface area contributed by atoms with Crippen LogP contribution in [-0.4, -0.2) is 5.78 Å². The van der Waals surface area contributed by atoms with Gasteiger partial charge >= 0.3 is 0 Å². The first-order valence-electron chi connectivity index (χ1n) is 8.05. The van der Waals surface area contributed by atoms with Gasteiger partial charge in [-0.15, -0.1) is 0 Å². The molecule has 1 saturated carbocycles. The summed E-state index contributed by atoms with van der Waals surface area (Å²) < 4.78 is 0. The summed E-state index contributed by atoms with van der Waals surface area (Å²) >= 11 is 0. The molecule has 0 bridgehead atoms. The second-order valence-electron chi connectivity index (χ2n) is 6.60. The van der Waals surface area contributed by atoms with Gasteiger partial charge in [0.15, 0.2) is 5.78 Å². The lowest BCUT2D eigenvalue weighted by molar-refractivity contribution is 0.102. The van der Waals surface area contributed by atoms with Crippen LogP contribution in [0, 0.1) is 11.8 Å². The number of fused-ring (bicyclic) bond motifs is 1. The molecular formula is C19H24O. The molecule has 1 aromatic rings. The van der Waals surface area contributed by atoms with Crippen molar-refractivity contribution in [2.24, 2.45) is 11.8 Å². The molecule has 0 saturated heterocycles. The highest BCUT2D eigenvalue weighted by Gasteiger charge is 2.24. The Hall–Kier alpha value is -1.37. The number of rotatable bonds is 2. The van der Waals surface area contributed by atoms with Crippen LogP contribution >= 0.6 is 0 Å². The predicted octanol–water partition coefficient (Wildman–Crippen LogP) is 4.96. The zero-order valence-electron chi connectivity index (χ0n) is 12.4. The maximum absolute atomic E-state index is 12.6. The molecule has 2 unspecified atom stereocenters. The largest absolute Gasteiger partial charge is 0.289 e. The van der Waals surface area contributed by atoms with Crippen LogP contribution in [0.25, 0.3) is 0 Å². The topological polar surface area (TPSA) is 17.1 Å². The molecule has 0 N–H and O–H groups in total. The first-order chi connectivity index (χ1) is 9.74. The van der Waals surface area contributed by atoms with Crippen molar-refractivity contribution in [3.05, 3.63) is 47.0 Å². The Bertz CT molecular complexity index is 526. The molecule has 20 heavy (non-hydrogen) atoms. The van der Waals surface area contributed by atoms with E-state index in [9.17, 15) is 4.79 Å². The van der Waals surface area contributed by atoms with E-state index in [2.05, 4.69) is 19.1 Å². The molecule has 1 fully saturated rings. The summed E-state index contributed by atoms with van der Waals surface area (Å²) in [6.45, 7) is 2.36. The van der Waals surface area contributed by atoms with Crippen molar-refractivity contribution in [1.82, 2.24) is 0 Å². The van der Waals surface area contributed by atoms with E-state index in [1.807, 2.05) is 18.2 Å². The number of ketones is 1. The second-order valence-corrected chi connectivity index (χ2v) is 6.60. The summed E-state index contributed by atoms with van der Waals surface area (Å²) in [7, 11) is 0. The van der Waals surface area contributed by atoms with E-state index in [0.717, 1.165) is 35.8 Å². The van der Waals surface area contributed by atoms with E-state index in [4.69, 9.17) is 0 Å². The Labute approximate surface area is 122 Å². The Kier molecular flexibility index (Phi) is 4.05. The van der Waals surface area contributed by atoms with Crippen LogP contribution in [0.1, 0.15) is 61.4 Å². The smallest absolute Gasteiger partial charge is 0.188 e. The third-order valence-electron chi connectivity index (χ3n) is 5.01. The molecular weight excluding hydrogens is 244 g/mol. The number of Topliss-reactive ketones (excluding diaryl/α,β-unsaturated/α-hetero) is 1. The first kappa shape index (κ1) is 13.6. The summed E-state index contributed by atoms with van der Waals surface area (Å²) in [6, 6.07) is 8.07. The molecule has 0 aliphatic heterocycles. The number of benzene rings is 1. The van der Waals surface area contributed by atoms with Crippen molar-refractivity contribution < 1.29 is 4.79 Å². The molecule has 0 aromatic heterocycles. The van der Waals surface area contributed by atoms with E-state index in [1.165, 1.54) is 37.7 Å². The Morgan fingerprint density at radius 3 is 2.85 bits per heavy atom. The summed E-state index contributed by atoms with van der Waals surface area (Å²) in [4.78, 5) is 12.6. The predicted molar refractivity (Wildman–Crippen MR) is 82.9 cm³/mol. The van der Waals surface area contributed by atoms with Gasteiger partial charge in [-0.25, -0.2) is 0 Å². The Balaban J connectivity index is 1.70. The summed E-state index contributed by atoms with van der Waals surface area (Å²) in [5.74, 6) is 1.88. The minimum Gasteiger partial charge on any atom is -0.289 e. The molecule has 1 heteroatoms. The van der Waals surface area contributed by atoms with Gasteiger partial charge in [0, 0.05) is 5.56 Å². The minimum absolute atomic E-state index is 0.282. The Morgan fingerprint density at radius 2 is 1.95 bits per heavy atom. The fraction of sp³-hybridized carbons (Fsp3) is 0.526. The van der Waals surface area contributed by atoms with E-state index < -0.39 is 0 Å². The number of hydrogen-bond acceptors (Lipinski definition) is 1.